The maximum absolute atomic E-state index is 13.1. The van der Waals surface area contributed by atoms with Crippen molar-refractivity contribution in [3.05, 3.63) is 86.7 Å². The van der Waals surface area contributed by atoms with Crippen LogP contribution in [0.2, 0.25) is 0 Å². The van der Waals surface area contributed by atoms with E-state index in [1.165, 1.54) is 0 Å². The summed E-state index contributed by atoms with van der Waals surface area (Å²) in [5.74, 6) is -0.169. The zero-order valence-electron chi connectivity index (χ0n) is 14.7. The number of hydrogen-bond acceptors (Lipinski definition) is 5. The molecule has 0 aromatic heterocycles. The van der Waals surface area contributed by atoms with Crippen molar-refractivity contribution < 1.29 is 4.79 Å². The zero-order valence-corrected chi connectivity index (χ0v) is 14.7. The van der Waals surface area contributed by atoms with Gasteiger partial charge >= 0.3 is 0 Å². The van der Waals surface area contributed by atoms with Crippen LogP contribution in [0.5, 0.6) is 0 Å². The van der Waals surface area contributed by atoms with E-state index in [1.54, 1.807) is 54.6 Å². The van der Waals surface area contributed by atoms with E-state index in [-0.39, 0.29) is 22.0 Å². The Hall–Kier alpha value is -4.06. The van der Waals surface area contributed by atoms with Gasteiger partial charge in [0.25, 0.3) is 0 Å². The molecule has 0 aliphatic carbocycles. The number of ketones is 1. The van der Waals surface area contributed by atoms with Crippen molar-refractivity contribution in [3.8, 4) is 12.1 Å². The minimum atomic E-state index is -0.365. The number of carbonyl (C=O) groups is 1. The Bertz CT molecular complexity index is 1420. The molecule has 2 N–H and O–H groups in total. The van der Waals surface area contributed by atoms with Crippen LogP contribution in [0.25, 0.3) is 27.1 Å². The second-order valence-corrected chi connectivity index (χ2v) is 6.42. The van der Waals surface area contributed by atoms with Gasteiger partial charge in [-0.2, -0.15) is 10.5 Å². The molecule has 0 aliphatic rings. The summed E-state index contributed by atoms with van der Waals surface area (Å²) >= 11 is 0. The van der Waals surface area contributed by atoms with E-state index in [4.69, 9.17) is 5.73 Å². The third-order valence-corrected chi connectivity index (χ3v) is 4.95. The summed E-state index contributed by atoms with van der Waals surface area (Å²) in [6.45, 7) is 0.396. The molecule has 0 unspecified atom stereocenters. The van der Waals surface area contributed by atoms with Crippen LogP contribution in [0.15, 0.2) is 59.4 Å². The lowest BCUT2D eigenvalue weighted by molar-refractivity contribution is 0.104. The summed E-state index contributed by atoms with van der Waals surface area (Å²) in [6, 6.07) is 19.1. The molecule has 0 saturated carbocycles. The molecule has 0 fully saturated rings. The maximum atomic E-state index is 13.1. The fraction of sp³-hybridized carbons (Fsp3) is 0.0435. The molecule has 4 aromatic rings. The molecule has 132 valence electrons. The zero-order chi connectivity index (χ0) is 19.8. The number of rotatable bonds is 3. The fourth-order valence-corrected chi connectivity index (χ4v) is 3.59. The predicted molar refractivity (Wildman–Crippen MR) is 107 cm³/mol. The number of nitrogens with zero attached hydrogens (tertiary/aromatic N) is 2. The molecule has 0 radical (unpaired) electrons. The highest BCUT2D eigenvalue weighted by Gasteiger charge is 2.19. The summed E-state index contributed by atoms with van der Waals surface area (Å²) in [6.07, 6.45) is 0. The monoisotopic (exact) mass is 363 g/mol. The van der Waals surface area contributed by atoms with Crippen molar-refractivity contribution in [2.45, 2.75) is 6.54 Å². The smallest absolute Gasteiger partial charge is 0.196 e. The predicted octanol–water partition coefficient (Wildman–Crippen LogP) is 2.40. The number of benzene rings is 3. The number of hydrogen-bond donors (Lipinski definition) is 1. The molecule has 0 saturated heterocycles. The van der Waals surface area contributed by atoms with Crippen LogP contribution in [0.1, 0.15) is 21.5 Å². The Morgan fingerprint density at radius 3 is 2.21 bits per heavy atom. The second kappa shape index (κ2) is 6.59. The minimum absolute atomic E-state index is 0.0995. The number of nitrogens with two attached hydrogens (primary N) is 1. The van der Waals surface area contributed by atoms with E-state index in [0.717, 1.165) is 5.56 Å². The first-order valence-electron chi connectivity index (χ1n) is 8.59. The van der Waals surface area contributed by atoms with Gasteiger partial charge in [0.1, 0.15) is 17.7 Å². The van der Waals surface area contributed by atoms with Crippen LogP contribution in [0.4, 0.5) is 0 Å². The van der Waals surface area contributed by atoms with Gasteiger partial charge in [-0.3, -0.25) is 9.59 Å². The molecule has 5 heteroatoms. The first kappa shape index (κ1) is 17.4. The lowest BCUT2D eigenvalue weighted by Gasteiger charge is -2.07. The van der Waals surface area contributed by atoms with E-state index in [9.17, 15) is 20.1 Å². The molecule has 0 amide bonds. The van der Waals surface area contributed by atoms with E-state index in [0.29, 0.717) is 39.2 Å². The lowest BCUT2D eigenvalue weighted by Crippen LogP contribution is -2.21. The van der Waals surface area contributed by atoms with Gasteiger partial charge in [-0.15, -0.1) is 0 Å². The fourth-order valence-electron chi connectivity index (χ4n) is 3.59. The van der Waals surface area contributed by atoms with Gasteiger partial charge in [0.05, 0.1) is 5.22 Å². The molecule has 0 aliphatic heterocycles. The molecule has 28 heavy (non-hydrogen) atoms. The van der Waals surface area contributed by atoms with E-state index >= 15 is 0 Å². The molecule has 0 atom stereocenters. The Morgan fingerprint density at radius 2 is 1.57 bits per heavy atom. The van der Waals surface area contributed by atoms with Crippen molar-refractivity contribution in [2.75, 3.05) is 0 Å². The van der Waals surface area contributed by atoms with Gasteiger partial charge in [-0.25, -0.2) is 0 Å². The van der Waals surface area contributed by atoms with E-state index in [1.807, 2.05) is 12.1 Å². The van der Waals surface area contributed by atoms with Crippen LogP contribution >= 0.6 is 0 Å². The summed E-state index contributed by atoms with van der Waals surface area (Å²) in [7, 11) is 0. The van der Waals surface area contributed by atoms with Gasteiger partial charge in [-0.1, -0.05) is 42.5 Å². The molecule has 4 rings (SSSR count). The van der Waals surface area contributed by atoms with E-state index in [2.05, 4.69) is 0 Å². The average Bonchev–Trinajstić information content (AvgIpc) is 3.03. The standard InChI is InChI=1S/C23H13N3O2/c24-10-13-4-6-14(7-5-13)22(27)17-8-9-19-21-16(17)2-1-3-18(21)20(23(19)28)15(11-25)12-26/h1-9H,10,24H2. The minimum Gasteiger partial charge on any atom is -0.326 e. The van der Waals surface area contributed by atoms with Crippen LogP contribution in [0, 0.1) is 22.7 Å². The summed E-state index contributed by atoms with van der Waals surface area (Å²) in [4.78, 5) is 25.9. The quantitative estimate of drug-likeness (QED) is 0.562. The molecule has 5 nitrogen and oxygen atoms in total. The Morgan fingerprint density at radius 1 is 0.893 bits per heavy atom. The van der Waals surface area contributed by atoms with Crippen molar-refractivity contribution >= 4 is 32.9 Å². The summed E-state index contributed by atoms with van der Waals surface area (Å²) in [5.41, 5.74) is 6.93. The highest BCUT2D eigenvalue weighted by Crippen LogP contribution is 2.28. The second-order valence-electron chi connectivity index (χ2n) is 6.42. The summed E-state index contributed by atoms with van der Waals surface area (Å²) in [5, 5.41) is 20.7. The Labute approximate surface area is 159 Å². The number of nitriles is 2. The SMILES string of the molecule is N#CC(C#N)=c1c(=O)c2ccc(C(=O)c3ccc(CN)cc3)c3cccc1c32. The topological polar surface area (TPSA) is 108 Å². The summed E-state index contributed by atoms with van der Waals surface area (Å²) < 4.78 is 0. The van der Waals surface area contributed by atoms with Crippen molar-refractivity contribution in [2.24, 2.45) is 5.73 Å². The third kappa shape index (κ3) is 2.43. The molecule has 0 bridgehead atoms. The van der Waals surface area contributed by atoms with Gasteiger partial charge in [-0.05, 0) is 28.5 Å². The molecule has 4 aromatic carbocycles. The molecule has 0 heterocycles. The normalized spacial score (nSPS) is 10.7. The van der Waals surface area contributed by atoms with E-state index < -0.39 is 0 Å². The van der Waals surface area contributed by atoms with Crippen LogP contribution < -0.4 is 16.4 Å². The Balaban J connectivity index is 2.04. The van der Waals surface area contributed by atoms with Gasteiger partial charge in [0.15, 0.2) is 11.2 Å². The van der Waals surface area contributed by atoms with Crippen molar-refractivity contribution in [1.82, 2.24) is 0 Å². The van der Waals surface area contributed by atoms with Crippen LogP contribution in [-0.4, -0.2) is 5.78 Å². The third-order valence-electron chi connectivity index (χ3n) is 4.95. The van der Waals surface area contributed by atoms with Crippen molar-refractivity contribution in [3.63, 3.8) is 0 Å². The van der Waals surface area contributed by atoms with Gasteiger partial charge in [0, 0.05) is 28.4 Å². The average molecular weight is 363 g/mol. The van der Waals surface area contributed by atoms with Gasteiger partial charge in [0.2, 0.25) is 0 Å². The lowest BCUT2D eigenvalue weighted by atomic mass is 9.95. The van der Waals surface area contributed by atoms with Gasteiger partial charge < -0.3 is 5.73 Å². The largest absolute Gasteiger partial charge is 0.326 e. The van der Waals surface area contributed by atoms with Crippen LogP contribution in [-0.2, 0) is 6.54 Å². The number of carbonyl (C=O) groups excluding carboxylic acids is 1. The highest BCUT2D eigenvalue weighted by atomic mass is 16.1. The maximum Gasteiger partial charge on any atom is 0.196 e. The Kier molecular flexibility index (Phi) is 4.08. The first-order chi connectivity index (χ1) is 13.6. The molecule has 0 spiro atoms. The molecular weight excluding hydrogens is 350 g/mol. The first-order valence-corrected chi connectivity index (χ1v) is 8.59. The van der Waals surface area contributed by atoms with Crippen LogP contribution in [0.3, 0.4) is 0 Å². The molecular formula is C23H13N3O2. The van der Waals surface area contributed by atoms with Crippen molar-refractivity contribution in [1.29, 1.82) is 10.5 Å². The highest BCUT2D eigenvalue weighted by molar-refractivity contribution is 6.23.